The largest absolute Gasteiger partial charge is 0.356 e. The van der Waals surface area contributed by atoms with Crippen LogP contribution in [0.25, 0.3) is 0 Å². The van der Waals surface area contributed by atoms with Gasteiger partial charge < -0.3 is 5.32 Å². The van der Waals surface area contributed by atoms with E-state index in [1.165, 1.54) is 154 Å². The highest BCUT2D eigenvalue weighted by molar-refractivity contribution is 5.78. The smallest absolute Gasteiger partial charge is 0.222 e. The molecule has 0 heterocycles. The third-order valence-corrected chi connectivity index (χ3v) is 7.68. The number of hydrogen-bond donors (Lipinski definition) is 1. The molecule has 0 aliphatic carbocycles. The van der Waals surface area contributed by atoms with Crippen LogP contribution < -0.4 is 5.32 Å². The number of carbonyl (C=O) groups excluding carboxylic acids is 1. The molecule has 2 heteroatoms. The summed E-state index contributed by atoms with van der Waals surface area (Å²) in [5, 5.41) is 3.17. The third-order valence-electron chi connectivity index (χ3n) is 7.68. The first-order valence-corrected chi connectivity index (χ1v) is 16.6. The molecule has 0 rings (SSSR count). The third kappa shape index (κ3) is 27.8. The average molecular weight is 506 g/mol. The van der Waals surface area contributed by atoms with Crippen molar-refractivity contribution in [3.8, 4) is 0 Å². The van der Waals surface area contributed by atoms with Gasteiger partial charge in [0.25, 0.3) is 0 Å². The second-order valence-corrected chi connectivity index (χ2v) is 11.5. The molecule has 2 nitrogen and oxygen atoms in total. The fourth-order valence-electron chi connectivity index (χ4n) is 5.00. The van der Waals surface area contributed by atoms with E-state index in [1.807, 2.05) is 0 Å². The zero-order chi connectivity index (χ0) is 26.4. The van der Waals surface area contributed by atoms with Crippen LogP contribution in [0.5, 0.6) is 0 Å². The molecule has 0 aromatic rings. The van der Waals surface area contributed by atoms with Gasteiger partial charge in [0.2, 0.25) is 5.91 Å². The molecule has 1 unspecified atom stereocenters. The number of carbonyl (C=O) groups is 1. The minimum Gasteiger partial charge on any atom is -0.356 e. The molecule has 0 bridgehead atoms. The summed E-state index contributed by atoms with van der Waals surface area (Å²) >= 11 is 0. The van der Waals surface area contributed by atoms with Crippen LogP contribution >= 0.6 is 0 Å². The summed E-state index contributed by atoms with van der Waals surface area (Å²) in [5.74, 6) is 0.451. The molecule has 0 aliphatic rings. The van der Waals surface area contributed by atoms with Crippen molar-refractivity contribution >= 4 is 5.91 Å². The Hall–Kier alpha value is -0.790. The second kappa shape index (κ2) is 30.4. The number of allylic oxidation sites excluding steroid dienone is 2. The molecule has 0 radical (unpaired) electrons. The molecule has 0 fully saturated rings. The Labute approximate surface area is 228 Å². The van der Waals surface area contributed by atoms with Gasteiger partial charge in [-0.3, -0.25) is 4.79 Å². The Bertz CT molecular complexity index is 458. The lowest BCUT2D eigenvalue weighted by molar-refractivity contribution is -0.124. The van der Waals surface area contributed by atoms with Gasteiger partial charge in [0.05, 0.1) is 0 Å². The van der Waals surface area contributed by atoms with Crippen molar-refractivity contribution in [2.24, 2.45) is 5.92 Å². The highest BCUT2D eigenvalue weighted by Gasteiger charge is 2.11. The van der Waals surface area contributed by atoms with E-state index in [4.69, 9.17) is 0 Å². The fraction of sp³-hybridized carbons (Fsp3) is 0.912. The lowest BCUT2D eigenvalue weighted by Crippen LogP contribution is -2.30. The van der Waals surface area contributed by atoms with E-state index < -0.39 is 0 Å². The van der Waals surface area contributed by atoms with Gasteiger partial charge in [-0.2, -0.15) is 0 Å². The molecule has 1 atom stereocenters. The standard InChI is InChI=1S/C34H67NO/c1-4-6-8-10-12-14-16-17-18-19-20-22-24-26-28-30-32-35-34(36)33(3)31-29-27-25-23-21-15-13-11-9-7-5-2/h17-18,33H,4-16,19-32H2,1-3H3,(H,35,36)/b18-17-. The quantitative estimate of drug-likeness (QED) is 0.0794. The zero-order valence-corrected chi connectivity index (χ0v) is 25.2. The van der Waals surface area contributed by atoms with Crippen LogP contribution in [-0.4, -0.2) is 12.5 Å². The van der Waals surface area contributed by atoms with Crippen LogP contribution in [0.4, 0.5) is 0 Å². The number of unbranched alkanes of at least 4 members (excludes halogenated alkanes) is 22. The SMILES string of the molecule is CCCCCCCC/C=C\CCCCCCCCNC(=O)C(C)CCCCCCCCCCCCC. The first-order valence-electron chi connectivity index (χ1n) is 16.6. The average Bonchev–Trinajstić information content (AvgIpc) is 2.88. The summed E-state index contributed by atoms with van der Waals surface area (Å²) in [6.45, 7) is 7.53. The lowest BCUT2D eigenvalue weighted by Gasteiger charge is -2.12. The van der Waals surface area contributed by atoms with Gasteiger partial charge in [0, 0.05) is 12.5 Å². The van der Waals surface area contributed by atoms with Crippen molar-refractivity contribution in [3.63, 3.8) is 0 Å². The molecule has 0 aliphatic heterocycles. The van der Waals surface area contributed by atoms with Crippen molar-refractivity contribution in [2.75, 3.05) is 6.54 Å². The number of hydrogen-bond acceptors (Lipinski definition) is 1. The minimum atomic E-state index is 0.178. The van der Waals surface area contributed by atoms with Gasteiger partial charge >= 0.3 is 0 Å². The maximum atomic E-state index is 12.3. The highest BCUT2D eigenvalue weighted by Crippen LogP contribution is 2.15. The second-order valence-electron chi connectivity index (χ2n) is 11.5. The first kappa shape index (κ1) is 35.2. The molecule has 0 saturated heterocycles. The van der Waals surface area contributed by atoms with Crippen LogP contribution in [0.1, 0.15) is 188 Å². The number of amides is 1. The summed E-state index contributed by atoms with van der Waals surface area (Å²) in [4.78, 5) is 12.3. The fourth-order valence-corrected chi connectivity index (χ4v) is 5.00. The number of rotatable bonds is 29. The molecular weight excluding hydrogens is 438 g/mol. The van der Waals surface area contributed by atoms with E-state index in [1.54, 1.807) is 0 Å². The molecular formula is C34H67NO. The zero-order valence-electron chi connectivity index (χ0n) is 25.2. The van der Waals surface area contributed by atoms with Crippen LogP contribution in [0.15, 0.2) is 12.2 Å². The topological polar surface area (TPSA) is 29.1 Å². The minimum absolute atomic E-state index is 0.178. The van der Waals surface area contributed by atoms with Crippen molar-refractivity contribution in [1.82, 2.24) is 5.32 Å². The Morgan fingerprint density at radius 2 is 0.889 bits per heavy atom. The molecule has 0 saturated carbocycles. The van der Waals surface area contributed by atoms with E-state index >= 15 is 0 Å². The normalized spacial score (nSPS) is 12.4. The maximum Gasteiger partial charge on any atom is 0.222 e. The van der Waals surface area contributed by atoms with Gasteiger partial charge in [0.1, 0.15) is 0 Å². The Kier molecular flexibility index (Phi) is 29.8. The molecule has 0 aromatic heterocycles. The molecule has 0 aromatic carbocycles. The molecule has 1 amide bonds. The van der Waals surface area contributed by atoms with Crippen molar-refractivity contribution in [3.05, 3.63) is 12.2 Å². The van der Waals surface area contributed by atoms with Crippen molar-refractivity contribution < 1.29 is 4.79 Å². The summed E-state index contributed by atoms with van der Waals surface area (Å²) in [7, 11) is 0. The van der Waals surface area contributed by atoms with Crippen LogP contribution in [0.2, 0.25) is 0 Å². The lowest BCUT2D eigenvalue weighted by atomic mass is 10.0. The Balaban J connectivity index is 3.32. The van der Waals surface area contributed by atoms with E-state index in [-0.39, 0.29) is 11.8 Å². The summed E-state index contributed by atoms with van der Waals surface area (Å²) in [6, 6.07) is 0. The van der Waals surface area contributed by atoms with Crippen molar-refractivity contribution in [2.45, 2.75) is 188 Å². The van der Waals surface area contributed by atoms with Gasteiger partial charge in [-0.25, -0.2) is 0 Å². The van der Waals surface area contributed by atoms with E-state index in [2.05, 4.69) is 38.2 Å². The maximum absolute atomic E-state index is 12.3. The Morgan fingerprint density at radius 3 is 1.33 bits per heavy atom. The van der Waals surface area contributed by atoms with E-state index in [0.29, 0.717) is 0 Å². The van der Waals surface area contributed by atoms with Gasteiger partial charge in [-0.05, 0) is 38.5 Å². The summed E-state index contributed by atoms with van der Waals surface area (Å²) < 4.78 is 0. The highest BCUT2D eigenvalue weighted by atomic mass is 16.1. The van der Waals surface area contributed by atoms with Gasteiger partial charge in [-0.15, -0.1) is 0 Å². The Morgan fingerprint density at radius 1 is 0.528 bits per heavy atom. The molecule has 36 heavy (non-hydrogen) atoms. The summed E-state index contributed by atoms with van der Waals surface area (Å²) in [5.41, 5.74) is 0. The predicted molar refractivity (Wildman–Crippen MR) is 163 cm³/mol. The van der Waals surface area contributed by atoms with Gasteiger partial charge in [0.15, 0.2) is 0 Å². The molecule has 214 valence electrons. The molecule has 1 N–H and O–H groups in total. The van der Waals surface area contributed by atoms with E-state index in [9.17, 15) is 4.79 Å². The van der Waals surface area contributed by atoms with Gasteiger partial charge in [-0.1, -0.05) is 161 Å². The summed E-state index contributed by atoms with van der Waals surface area (Å²) in [6.07, 6.45) is 39.5. The number of nitrogens with one attached hydrogen (secondary N) is 1. The van der Waals surface area contributed by atoms with Crippen molar-refractivity contribution in [1.29, 1.82) is 0 Å². The molecule has 0 spiro atoms. The van der Waals surface area contributed by atoms with E-state index in [0.717, 1.165) is 19.4 Å². The monoisotopic (exact) mass is 506 g/mol. The first-order chi connectivity index (χ1) is 17.7. The van der Waals surface area contributed by atoms with Crippen LogP contribution in [0, 0.1) is 5.92 Å². The van der Waals surface area contributed by atoms with Crippen LogP contribution in [-0.2, 0) is 4.79 Å². The predicted octanol–water partition coefficient (Wildman–Crippen LogP) is 11.5. The van der Waals surface area contributed by atoms with Crippen LogP contribution in [0.3, 0.4) is 0 Å².